The topological polar surface area (TPSA) is 46.4 Å². The molecule has 1 heterocycles. The lowest BCUT2D eigenvalue weighted by molar-refractivity contribution is -0.526. The molecule has 1 fully saturated rings. The van der Waals surface area contributed by atoms with Gasteiger partial charge in [0.15, 0.2) is 0 Å². The zero-order chi connectivity index (χ0) is 7.56. The van der Waals surface area contributed by atoms with E-state index >= 15 is 0 Å². The van der Waals surface area contributed by atoms with Gasteiger partial charge in [-0.3, -0.25) is 15.0 Å². The summed E-state index contributed by atoms with van der Waals surface area (Å²) >= 11 is 0. The predicted octanol–water partition coefficient (Wildman–Crippen LogP) is 0.357. The number of nitro groups is 1. The Balaban J connectivity index is 2.39. The molecule has 0 aromatic rings. The molecule has 58 valence electrons. The van der Waals surface area contributed by atoms with Crippen LogP contribution in [0.15, 0.2) is 0 Å². The summed E-state index contributed by atoms with van der Waals surface area (Å²) in [5.41, 5.74) is 0. The Labute approximate surface area is 60.0 Å². The summed E-state index contributed by atoms with van der Waals surface area (Å²) < 4.78 is 0. The van der Waals surface area contributed by atoms with Gasteiger partial charge in [0.25, 0.3) is 0 Å². The number of likely N-dealkylation sites (tertiary alicyclic amines) is 1. The van der Waals surface area contributed by atoms with E-state index in [4.69, 9.17) is 0 Å². The predicted molar refractivity (Wildman–Crippen MR) is 37.5 cm³/mol. The fraction of sp³-hybridized carbons (Fsp3) is 1.00. The third kappa shape index (κ3) is 1.67. The van der Waals surface area contributed by atoms with Crippen LogP contribution in [-0.4, -0.2) is 36.0 Å². The van der Waals surface area contributed by atoms with E-state index in [1.807, 2.05) is 11.9 Å². The first kappa shape index (κ1) is 7.47. The quantitative estimate of drug-likeness (QED) is 0.394. The molecule has 1 aliphatic heterocycles. The van der Waals surface area contributed by atoms with Gasteiger partial charge in [0, 0.05) is 11.3 Å². The molecular weight excluding hydrogens is 132 g/mol. The minimum Gasteiger partial charge on any atom is -0.300 e. The van der Waals surface area contributed by atoms with E-state index in [1.165, 1.54) is 0 Å². The van der Waals surface area contributed by atoms with Crippen LogP contribution in [0, 0.1) is 10.1 Å². The van der Waals surface area contributed by atoms with Crippen LogP contribution in [0.1, 0.15) is 12.8 Å². The molecule has 0 bridgehead atoms. The molecule has 1 atom stereocenters. The molecule has 4 nitrogen and oxygen atoms in total. The Morgan fingerprint density at radius 2 is 2.40 bits per heavy atom. The maximum Gasteiger partial charge on any atom is 0.225 e. The number of hydrogen-bond acceptors (Lipinski definition) is 3. The van der Waals surface area contributed by atoms with Gasteiger partial charge in [0.05, 0.1) is 6.54 Å². The van der Waals surface area contributed by atoms with Crippen molar-refractivity contribution in [3.63, 3.8) is 0 Å². The van der Waals surface area contributed by atoms with Gasteiger partial charge in [-0.15, -0.1) is 0 Å². The van der Waals surface area contributed by atoms with Crippen molar-refractivity contribution in [2.24, 2.45) is 0 Å². The van der Waals surface area contributed by atoms with Crippen LogP contribution in [0.25, 0.3) is 0 Å². The Morgan fingerprint density at radius 3 is 2.80 bits per heavy atom. The molecule has 0 saturated carbocycles. The normalized spacial score (nSPS) is 28.3. The van der Waals surface area contributed by atoms with Crippen LogP contribution >= 0.6 is 0 Å². The summed E-state index contributed by atoms with van der Waals surface area (Å²) in [6.45, 7) is 1.62. The molecule has 0 spiro atoms. The average Bonchev–Trinajstić information content (AvgIpc) is 1.88. The SMILES string of the molecule is CN1CCCC([N+](=O)[O-])C1. The molecule has 0 aromatic heterocycles. The van der Waals surface area contributed by atoms with Crippen LogP contribution in [0.5, 0.6) is 0 Å². The highest BCUT2D eigenvalue weighted by atomic mass is 16.6. The molecule has 1 unspecified atom stereocenters. The highest BCUT2D eigenvalue weighted by Gasteiger charge is 2.25. The fourth-order valence-corrected chi connectivity index (χ4v) is 1.31. The zero-order valence-corrected chi connectivity index (χ0v) is 6.12. The van der Waals surface area contributed by atoms with Crippen LogP contribution in [0.2, 0.25) is 0 Å². The first-order valence-electron chi connectivity index (χ1n) is 3.52. The largest absolute Gasteiger partial charge is 0.300 e. The van der Waals surface area contributed by atoms with Gasteiger partial charge in [-0.05, 0) is 20.0 Å². The van der Waals surface area contributed by atoms with Crippen molar-refractivity contribution in [3.8, 4) is 0 Å². The van der Waals surface area contributed by atoms with Crippen molar-refractivity contribution in [2.75, 3.05) is 20.1 Å². The molecular formula is C6H12N2O2. The van der Waals surface area contributed by atoms with Gasteiger partial charge < -0.3 is 0 Å². The molecule has 0 aliphatic carbocycles. The van der Waals surface area contributed by atoms with E-state index in [1.54, 1.807) is 0 Å². The van der Waals surface area contributed by atoms with Crippen LogP contribution in [0.3, 0.4) is 0 Å². The van der Waals surface area contributed by atoms with Crippen molar-refractivity contribution in [2.45, 2.75) is 18.9 Å². The Kier molecular flexibility index (Phi) is 2.21. The van der Waals surface area contributed by atoms with Gasteiger partial charge in [-0.25, -0.2) is 0 Å². The number of likely N-dealkylation sites (N-methyl/N-ethyl adjacent to an activating group) is 1. The molecule has 4 heteroatoms. The Hall–Kier alpha value is -0.640. The highest BCUT2D eigenvalue weighted by Crippen LogP contribution is 2.09. The maximum absolute atomic E-state index is 10.3. The molecule has 0 N–H and O–H groups in total. The van der Waals surface area contributed by atoms with E-state index in [0.717, 1.165) is 19.4 Å². The van der Waals surface area contributed by atoms with E-state index in [-0.39, 0.29) is 11.0 Å². The van der Waals surface area contributed by atoms with Crippen LogP contribution < -0.4 is 0 Å². The number of nitrogens with zero attached hydrogens (tertiary/aromatic N) is 2. The minimum absolute atomic E-state index is 0.171. The molecule has 0 amide bonds. The van der Waals surface area contributed by atoms with Crippen LogP contribution in [0.4, 0.5) is 0 Å². The summed E-state index contributed by atoms with van der Waals surface area (Å²) in [4.78, 5) is 12.1. The van der Waals surface area contributed by atoms with Gasteiger partial charge in [-0.2, -0.15) is 0 Å². The van der Waals surface area contributed by atoms with Crippen LogP contribution in [-0.2, 0) is 0 Å². The minimum atomic E-state index is -0.321. The summed E-state index contributed by atoms with van der Waals surface area (Å²) in [7, 11) is 1.93. The summed E-state index contributed by atoms with van der Waals surface area (Å²) in [6, 6.07) is -0.321. The maximum atomic E-state index is 10.3. The van der Waals surface area contributed by atoms with Gasteiger partial charge in [0.2, 0.25) is 6.04 Å². The third-order valence-electron chi connectivity index (χ3n) is 1.90. The van der Waals surface area contributed by atoms with Crippen molar-refractivity contribution < 1.29 is 4.92 Å². The Morgan fingerprint density at radius 1 is 1.70 bits per heavy atom. The van der Waals surface area contributed by atoms with E-state index < -0.39 is 0 Å². The highest BCUT2D eigenvalue weighted by molar-refractivity contribution is 4.68. The van der Waals surface area contributed by atoms with Crippen molar-refractivity contribution in [1.29, 1.82) is 0 Å². The smallest absolute Gasteiger partial charge is 0.225 e. The Bertz CT molecular complexity index is 138. The van der Waals surface area contributed by atoms with E-state index in [0.29, 0.717) is 6.54 Å². The molecule has 1 rings (SSSR count). The fourth-order valence-electron chi connectivity index (χ4n) is 1.31. The summed E-state index contributed by atoms with van der Waals surface area (Å²) in [5.74, 6) is 0. The molecule has 0 aromatic carbocycles. The third-order valence-corrected chi connectivity index (χ3v) is 1.90. The molecule has 0 radical (unpaired) electrons. The first-order chi connectivity index (χ1) is 4.70. The first-order valence-corrected chi connectivity index (χ1v) is 3.52. The summed E-state index contributed by atoms with van der Waals surface area (Å²) in [5, 5.41) is 10.3. The molecule has 1 saturated heterocycles. The van der Waals surface area contributed by atoms with Gasteiger partial charge in [-0.1, -0.05) is 0 Å². The average molecular weight is 144 g/mol. The lowest BCUT2D eigenvalue weighted by Gasteiger charge is -2.23. The monoisotopic (exact) mass is 144 g/mol. The number of hydrogen-bond donors (Lipinski definition) is 0. The number of rotatable bonds is 1. The van der Waals surface area contributed by atoms with Gasteiger partial charge >= 0.3 is 0 Å². The molecule has 10 heavy (non-hydrogen) atoms. The van der Waals surface area contributed by atoms with Gasteiger partial charge in [0.1, 0.15) is 0 Å². The van der Waals surface area contributed by atoms with Crippen molar-refractivity contribution in [1.82, 2.24) is 4.90 Å². The lowest BCUT2D eigenvalue weighted by Crippen LogP contribution is -2.39. The second-order valence-electron chi connectivity index (χ2n) is 2.84. The second kappa shape index (κ2) is 2.96. The van der Waals surface area contributed by atoms with E-state index in [2.05, 4.69) is 0 Å². The van der Waals surface area contributed by atoms with Crippen molar-refractivity contribution in [3.05, 3.63) is 10.1 Å². The zero-order valence-electron chi connectivity index (χ0n) is 6.12. The van der Waals surface area contributed by atoms with Crippen molar-refractivity contribution >= 4 is 0 Å². The van der Waals surface area contributed by atoms with E-state index in [9.17, 15) is 10.1 Å². The summed E-state index contributed by atoms with van der Waals surface area (Å²) in [6.07, 6.45) is 1.71. The second-order valence-corrected chi connectivity index (χ2v) is 2.84. The standard InChI is InChI=1S/C6H12N2O2/c1-7-4-2-3-6(5-7)8(9)10/h6H,2-5H2,1H3. The number of piperidine rings is 1. The lowest BCUT2D eigenvalue weighted by atomic mass is 10.1. The molecule has 1 aliphatic rings.